The molecule has 1 aromatic rings. The molecule has 0 aromatic heterocycles. The molecular formula is C14H22N2O2S. The van der Waals surface area contributed by atoms with E-state index in [0.29, 0.717) is 22.5 Å². The number of benzene rings is 1. The summed E-state index contributed by atoms with van der Waals surface area (Å²) >= 11 is 0. The lowest BCUT2D eigenvalue weighted by Crippen LogP contribution is -2.31. The van der Waals surface area contributed by atoms with Gasteiger partial charge in [0.05, 0.1) is 5.69 Å². The maximum Gasteiger partial charge on any atom is 0.242 e. The zero-order valence-corrected chi connectivity index (χ0v) is 12.5. The molecule has 5 heteroatoms. The third kappa shape index (κ3) is 3.70. The summed E-state index contributed by atoms with van der Waals surface area (Å²) in [5.74, 6) is 0.675. The van der Waals surface area contributed by atoms with Crippen LogP contribution in [0.3, 0.4) is 0 Å². The maximum absolute atomic E-state index is 12.3. The van der Waals surface area contributed by atoms with Crippen molar-refractivity contribution in [2.24, 2.45) is 5.92 Å². The fourth-order valence-corrected chi connectivity index (χ4v) is 3.58. The molecule has 0 aliphatic heterocycles. The van der Waals surface area contributed by atoms with Crippen molar-refractivity contribution in [3.63, 3.8) is 0 Å². The highest BCUT2D eigenvalue weighted by Gasteiger charge is 2.29. The SMILES string of the molecule is CC(C)NS(=O)(=O)c1ccccc1NC(C)C1CC1. The second-order valence-electron chi connectivity index (χ2n) is 5.54. The highest BCUT2D eigenvalue weighted by Crippen LogP contribution is 2.34. The molecule has 106 valence electrons. The van der Waals surface area contributed by atoms with Crippen molar-refractivity contribution in [1.29, 1.82) is 0 Å². The normalized spacial score (nSPS) is 17.5. The molecule has 19 heavy (non-hydrogen) atoms. The molecule has 0 saturated heterocycles. The summed E-state index contributed by atoms with van der Waals surface area (Å²) < 4.78 is 27.2. The summed E-state index contributed by atoms with van der Waals surface area (Å²) in [6, 6.07) is 7.29. The smallest absolute Gasteiger partial charge is 0.242 e. The van der Waals surface area contributed by atoms with Crippen LogP contribution in [0.2, 0.25) is 0 Å². The Hall–Kier alpha value is -1.07. The quantitative estimate of drug-likeness (QED) is 0.843. The van der Waals surface area contributed by atoms with Crippen molar-refractivity contribution in [2.75, 3.05) is 5.32 Å². The van der Waals surface area contributed by atoms with Gasteiger partial charge in [-0.2, -0.15) is 0 Å². The van der Waals surface area contributed by atoms with Gasteiger partial charge < -0.3 is 5.32 Å². The number of rotatable bonds is 6. The van der Waals surface area contributed by atoms with Crippen molar-refractivity contribution in [3.8, 4) is 0 Å². The summed E-state index contributed by atoms with van der Waals surface area (Å²) in [6.45, 7) is 5.75. The first-order valence-electron chi connectivity index (χ1n) is 6.78. The molecule has 0 bridgehead atoms. The van der Waals surface area contributed by atoms with Crippen molar-refractivity contribution in [3.05, 3.63) is 24.3 Å². The Balaban J connectivity index is 2.24. The molecule has 0 spiro atoms. The number of hydrogen-bond acceptors (Lipinski definition) is 3. The van der Waals surface area contributed by atoms with Gasteiger partial charge in [0.25, 0.3) is 0 Å². The van der Waals surface area contributed by atoms with E-state index in [1.54, 1.807) is 12.1 Å². The van der Waals surface area contributed by atoms with Crippen molar-refractivity contribution < 1.29 is 8.42 Å². The largest absolute Gasteiger partial charge is 0.381 e. The van der Waals surface area contributed by atoms with E-state index in [2.05, 4.69) is 17.0 Å². The standard InChI is InChI=1S/C14H22N2O2S/c1-10(2)16-19(17,18)14-7-5-4-6-13(14)15-11(3)12-8-9-12/h4-7,10-12,15-16H,8-9H2,1-3H3. The lowest BCUT2D eigenvalue weighted by molar-refractivity contribution is 0.570. The molecule has 0 amide bonds. The molecule has 1 unspecified atom stereocenters. The monoisotopic (exact) mass is 282 g/mol. The van der Waals surface area contributed by atoms with E-state index < -0.39 is 10.0 Å². The Morgan fingerprint density at radius 2 is 1.79 bits per heavy atom. The van der Waals surface area contributed by atoms with Crippen LogP contribution in [-0.4, -0.2) is 20.5 Å². The predicted octanol–water partition coefficient (Wildman–Crippen LogP) is 2.58. The number of para-hydroxylation sites is 1. The molecule has 1 aromatic carbocycles. The van der Waals surface area contributed by atoms with E-state index in [9.17, 15) is 8.42 Å². The van der Waals surface area contributed by atoms with E-state index in [1.807, 2.05) is 26.0 Å². The average Bonchev–Trinajstić information content (AvgIpc) is 3.11. The molecule has 1 aliphatic carbocycles. The van der Waals surface area contributed by atoms with Gasteiger partial charge in [-0.3, -0.25) is 0 Å². The third-order valence-electron chi connectivity index (χ3n) is 3.28. The van der Waals surface area contributed by atoms with Gasteiger partial charge in [-0.1, -0.05) is 12.1 Å². The fourth-order valence-electron chi connectivity index (χ4n) is 2.15. The molecule has 0 heterocycles. The van der Waals surface area contributed by atoms with Gasteiger partial charge >= 0.3 is 0 Å². The summed E-state index contributed by atoms with van der Waals surface area (Å²) in [6.07, 6.45) is 2.46. The van der Waals surface area contributed by atoms with Gasteiger partial charge in [0.1, 0.15) is 4.90 Å². The molecule has 1 saturated carbocycles. The first-order chi connectivity index (χ1) is 8.90. The van der Waals surface area contributed by atoms with Gasteiger partial charge in [0, 0.05) is 12.1 Å². The van der Waals surface area contributed by atoms with Crippen molar-refractivity contribution in [1.82, 2.24) is 4.72 Å². The van der Waals surface area contributed by atoms with Gasteiger partial charge in [-0.05, 0) is 51.7 Å². The maximum atomic E-state index is 12.3. The zero-order valence-electron chi connectivity index (χ0n) is 11.7. The summed E-state index contributed by atoms with van der Waals surface area (Å²) in [5, 5.41) is 3.33. The minimum absolute atomic E-state index is 0.112. The minimum Gasteiger partial charge on any atom is -0.381 e. The Bertz CT molecular complexity index is 536. The Labute approximate surface area is 115 Å². The second-order valence-corrected chi connectivity index (χ2v) is 7.22. The minimum atomic E-state index is -3.45. The van der Waals surface area contributed by atoms with Crippen LogP contribution in [0, 0.1) is 5.92 Å². The number of sulfonamides is 1. The molecule has 2 N–H and O–H groups in total. The predicted molar refractivity (Wildman–Crippen MR) is 77.7 cm³/mol. The summed E-state index contributed by atoms with van der Waals surface area (Å²) in [5.41, 5.74) is 0.690. The summed E-state index contributed by atoms with van der Waals surface area (Å²) in [4.78, 5) is 0.330. The molecule has 1 fully saturated rings. The van der Waals surface area contributed by atoms with Gasteiger partial charge in [0.15, 0.2) is 0 Å². The van der Waals surface area contributed by atoms with E-state index >= 15 is 0 Å². The van der Waals surface area contributed by atoms with Crippen LogP contribution in [-0.2, 0) is 10.0 Å². The number of anilines is 1. The van der Waals surface area contributed by atoms with E-state index in [-0.39, 0.29) is 6.04 Å². The average molecular weight is 282 g/mol. The molecule has 1 aliphatic rings. The third-order valence-corrected chi connectivity index (χ3v) is 5.00. The van der Waals surface area contributed by atoms with Crippen LogP contribution >= 0.6 is 0 Å². The van der Waals surface area contributed by atoms with Gasteiger partial charge in [-0.15, -0.1) is 0 Å². The van der Waals surface area contributed by atoms with Crippen LogP contribution in [0.15, 0.2) is 29.2 Å². The first-order valence-corrected chi connectivity index (χ1v) is 8.26. The van der Waals surface area contributed by atoms with Crippen molar-refractivity contribution in [2.45, 2.75) is 50.6 Å². The lowest BCUT2D eigenvalue weighted by Gasteiger charge is -2.18. The Morgan fingerprint density at radius 3 is 2.37 bits per heavy atom. The highest BCUT2D eigenvalue weighted by atomic mass is 32.2. The zero-order chi connectivity index (χ0) is 14.0. The summed E-state index contributed by atoms with van der Waals surface area (Å²) in [7, 11) is -3.45. The lowest BCUT2D eigenvalue weighted by atomic mass is 10.2. The van der Waals surface area contributed by atoms with Crippen LogP contribution in [0.1, 0.15) is 33.6 Å². The van der Waals surface area contributed by atoms with E-state index in [4.69, 9.17) is 0 Å². The molecule has 0 radical (unpaired) electrons. The topological polar surface area (TPSA) is 58.2 Å². The Morgan fingerprint density at radius 1 is 1.16 bits per heavy atom. The van der Waals surface area contributed by atoms with Crippen LogP contribution in [0.5, 0.6) is 0 Å². The van der Waals surface area contributed by atoms with Crippen LogP contribution in [0.25, 0.3) is 0 Å². The van der Waals surface area contributed by atoms with Crippen LogP contribution < -0.4 is 10.0 Å². The number of hydrogen-bond donors (Lipinski definition) is 2. The highest BCUT2D eigenvalue weighted by molar-refractivity contribution is 7.89. The van der Waals surface area contributed by atoms with Gasteiger partial charge in [0.2, 0.25) is 10.0 Å². The molecule has 1 atom stereocenters. The molecule has 4 nitrogen and oxygen atoms in total. The Kier molecular flexibility index (Phi) is 4.16. The second kappa shape index (κ2) is 5.51. The molecule has 2 rings (SSSR count). The number of nitrogens with one attached hydrogen (secondary N) is 2. The van der Waals surface area contributed by atoms with E-state index in [1.165, 1.54) is 12.8 Å². The van der Waals surface area contributed by atoms with Gasteiger partial charge in [-0.25, -0.2) is 13.1 Å². The molecular weight excluding hydrogens is 260 g/mol. The van der Waals surface area contributed by atoms with Crippen molar-refractivity contribution >= 4 is 15.7 Å². The van der Waals surface area contributed by atoms with E-state index in [0.717, 1.165) is 0 Å². The van der Waals surface area contributed by atoms with Crippen LogP contribution in [0.4, 0.5) is 5.69 Å². The fraction of sp³-hybridized carbons (Fsp3) is 0.571. The first kappa shape index (κ1) is 14.3.